The number of carbonyl (C=O) groups is 1. The molecule has 0 unspecified atom stereocenters. The van der Waals surface area contributed by atoms with Crippen LogP contribution in [0.25, 0.3) is 0 Å². The molecule has 20 heavy (non-hydrogen) atoms. The van der Waals surface area contributed by atoms with Crippen molar-refractivity contribution in [2.24, 2.45) is 0 Å². The second-order valence-electron chi connectivity index (χ2n) is 4.20. The average molecular weight is 292 g/mol. The normalized spacial score (nSPS) is 10.3. The Morgan fingerprint density at radius 2 is 2.15 bits per heavy atom. The van der Waals surface area contributed by atoms with Gasteiger partial charge in [-0.15, -0.1) is 0 Å². The molecule has 0 atom stereocenters. The Morgan fingerprint density at radius 1 is 1.35 bits per heavy atom. The first-order valence-electron chi connectivity index (χ1n) is 6.18. The van der Waals surface area contributed by atoms with Crippen LogP contribution in [0.4, 0.5) is 5.82 Å². The molecule has 0 radical (unpaired) electrons. The maximum absolute atomic E-state index is 11.1. The number of carboxylic acids is 1. The molecule has 0 bridgehead atoms. The molecule has 6 heteroatoms. The lowest BCUT2D eigenvalue weighted by Gasteiger charge is -2.07. The van der Waals surface area contributed by atoms with E-state index in [4.69, 9.17) is 16.7 Å². The predicted octanol–water partition coefficient (Wildman–Crippen LogP) is 2.85. The molecule has 0 saturated carbocycles. The Morgan fingerprint density at radius 3 is 2.80 bits per heavy atom. The quantitative estimate of drug-likeness (QED) is 0.886. The van der Waals surface area contributed by atoms with E-state index in [9.17, 15) is 4.79 Å². The number of benzene rings is 1. The Hall–Kier alpha value is -2.14. The van der Waals surface area contributed by atoms with Crippen LogP contribution in [0, 0.1) is 0 Å². The highest BCUT2D eigenvalue weighted by atomic mass is 35.5. The summed E-state index contributed by atoms with van der Waals surface area (Å²) >= 11 is 5.93. The molecule has 0 amide bonds. The van der Waals surface area contributed by atoms with Crippen molar-refractivity contribution in [2.45, 2.75) is 13.3 Å². The van der Waals surface area contributed by atoms with E-state index < -0.39 is 5.97 Å². The van der Waals surface area contributed by atoms with Crippen molar-refractivity contribution >= 4 is 23.4 Å². The van der Waals surface area contributed by atoms with Gasteiger partial charge < -0.3 is 10.4 Å². The van der Waals surface area contributed by atoms with Gasteiger partial charge in [0.05, 0.1) is 0 Å². The summed E-state index contributed by atoms with van der Waals surface area (Å²) in [6.45, 7) is 2.58. The van der Waals surface area contributed by atoms with Gasteiger partial charge in [0.15, 0.2) is 5.69 Å². The number of nitrogens with one attached hydrogen (secondary N) is 1. The molecular weight excluding hydrogens is 278 g/mol. The number of hydrogen-bond acceptors (Lipinski definition) is 4. The van der Waals surface area contributed by atoms with Gasteiger partial charge in [-0.25, -0.2) is 14.8 Å². The summed E-state index contributed by atoms with van der Waals surface area (Å²) < 4.78 is 0. The fourth-order valence-corrected chi connectivity index (χ4v) is 2.00. The van der Waals surface area contributed by atoms with Crippen LogP contribution in [0.2, 0.25) is 5.02 Å². The first-order valence-corrected chi connectivity index (χ1v) is 6.56. The smallest absolute Gasteiger partial charge is 0.354 e. The number of aromatic carboxylic acids is 1. The van der Waals surface area contributed by atoms with Crippen LogP contribution in [-0.2, 0) is 6.42 Å². The standard InChI is InChI=1S/C14H14ClN3O2/c1-2-16-12-8-11(14(19)20)17-13(18-12)7-9-4-3-5-10(15)6-9/h3-6,8H,2,7H2,1H3,(H,19,20)(H,16,17,18). The van der Waals surface area contributed by atoms with Crippen LogP contribution < -0.4 is 5.32 Å². The van der Waals surface area contributed by atoms with Crippen molar-refractivity contribution in [1.29, 1.82) is 0 Å². The summed E-state index contributed by atoms with van der Waals surface area (Å²) in [6.07, 6.45) is 0.431. The first kappa shape index (κ1) is 14.3. The monoisotopic (exact) mass is 291 g/mol. The summed E-state index contributed by atoms with van der Waals surface area (Å²) in [6, 6.07) is 8.75. The average Bonchev–Trinajstić information content (AvgIpc) is 2.38. The number of anilines is 1. The highest BCUT2D eigenvalue weighted by molar-refractivity contribution is 6.30. The third-order valence-electron chi connectivity index (χ3n) is 2.60. The lowest BCUT2D eigenvalue weighted by molar-refractivity contribution is 0.0690. The Balaban J connectivity index is 2.32. The van der Waals surface area contributed by atoms with Crippen molar-refractivity contribution in [3.63, 3.8) is 0 Å². The van der Waals surface area contributed by atoms with Crippen LogP contribution in [0.5, 0.6) is 0 Å². The minimum absolute atomic E-state index is 0.0204. The van der Waals surface area contributed by atoms with Gasteiger partial charge >= 0.3 is 5.97 Å². The summed E-state index contributed by atoms with van der Waals surface area (Å²) in [5, 5.41) is 12.7. The molecule has 0 aliphatic heterocycles. The van der Waals surface area contributed by atoms with Crippen LogP contribution in [0.15, 0.2) is 30.3 Å². The molecule has 5 nitrogen and oxygen atoms in total. The summed E-state index contributed by atoms with van der Waals surface area (Å²) in [5.41, 5.74) is 0.912. The van der Waals surface area contributed by atoms with Crippen LogP contribution in [0.1, 0.15) is 28.8 Å². The molecule has 0 aliphatic rings. The lowest BCUT2D eigenvalue weighted by atomic mass is 10.1. The zero-order chi connectivity index (χ0) is 14.5. The van der Waals surface area contributed by atoms with Gasteiger partial charge in [-0.2, -0.15) is 0 Å². The molecule has 2 N–H and O–H groups in total. The maximum Gasteiger partial charge on any atom is 0.354 e. The third-order valence-corrected chi connectivity index (χ3v) is 2.84. The number of hydrogen-bond donors (Lipinski definition) is 2. The number of aromatic nitrogens is 2. The van der Waals surface area contributed by atoms with Gasteiger partial charge in [-0.05, 0) is 24.6 Å². The van der Waals surface area contributed by atoms with Crippen molar-refractivity contribution in [3.05, 3.63) is 52.4 Å². The molecule has 0 saturated heterocycles. The lowest BCUT2D eigenvalue weighted by Crippen LogP contribution is -2.09. The van der Waals surface area contributed by atoms with E-state index in [0.717, 1.165) is 5.56 Å². The van der Waals surface area contributed by atoms with Crippen LogP contribution >= 0.6 is 11.6 Å². The van der Waals surface area contributed by atoms with Crippen LogP contribution in [0.3, 0.4) is 0 Å². The van der Waals surface area contributed by atoms with Crippen molar-refractivity contribution in [3.8, 4) is 0 Å². The first-order chi connectivity index (χ1) is 9.58. The van der Waals surface area contributed by atoms with E-state index >= 15 is 0 Å². The van der Waals surface area contributed by atoms with E-state index in [1.807, 2.05) is 25.1 Å². The zero-order valence-electron chi connectivity index (χ0n) is 10.9. The summed E-state index contributed by atoms with van der Waals surface area (Å²) in [4.78, 5) is 19.4. The molecule has 104 valence electrons. The van der Waals surface area contributed by atoms with Gasteiger partial charge in [0, 0.05) is 24.1 Å². The Bertz CT molecular complexity index is 632. The fourth-order valence-electron chi connectivity index (χ4n) is 1.79. The minimum atomic E-state index is -1.07. The molecule has 1 heterocycles. The second kappa shape index (κ2) is 6.34. The topological polar surface area (TPSA) is 75.1 Å². The molecule has 2 rings (SSSR count). The summed E-state index contributed by atoms with van der Waals surface area (Å²) in [7, 11) is 0. The molecule has 1 aromatic carbocycles. The van der Waals surface area contributed by atoms with E-state index in [1.165, 1.54) is 6.07 Å². The zero-order valence-corrected chi connectivity index (χ0v) is 11.7. The van der Waals surface area contributed by atoms with Gasteiger partial charge in [0.1, 0.15) is 11.6 Å². The van der Waals surface area contributed by atoms with Crippen molar-refractivity contribution < 1.29 is 9.90 Å². The van der Waals surface area contributed by atoms with Gasteiger partial charge in [0.2, 0.25) is 0 Å². The summed E-state index contributed by atoms with van der Waals surface area (Å²) in [5.74, 6) is -0.112. The van der Waals surface area contributed by atoms with Crippen molar-refractivity contribution in [2.75, 3.05) is 11.9 Å². The molecule has 0 fully saturated rings. The Labute approximate surface area is 121 Å². The van der Waals surface area contributed by atoms with E-state index in [2.05, 4.69) is 15.3 Å². The van der Waals surface area contributed by atoms with Gasteiger partial charge in [-0.3, -0.25) is 0 Å². The highest BCUT2D eigenvalue weighted by Gasteiger charge is 2.10. The van der Waals surface area contributed by atoms with Gasteiger partial charge in [0.25, 0.3) is 0 Å². The molecule has 2 aromatic rings. The fraction of sp³-hybridized carbons (Fsp3) is 0.214. The molecule has 0 spiro atoms. The van der Waals surface area contributed by atoms with E-state index in [1.54, 1.807) is 6.07 Å². The Kier molecular flexibility index (Phi) is 4.53. The molecular formula is C14H14ClN3O2. The SMILES string of the molecule is CCNc1cc(C(=O)O)nc(Cc2cccc(Cl)c2)n1. The van der Waals surface area contributed by atoms with Gasteiger partial charge in [-0.1, -0.05) is 23.7 Å². The largest absolute Gasteiger partial charge is 0.477 e. The predicted molar refractivity (Wildman–Crippen MR) is 77.4 cm³/mol. The van der Waals surface area contributed by atoms with Crippen LogP contribution in [-0.4, -0.2) is 27.6 Å². The van der Waals surface area contributed by atoms with Crippen molar-refractivity contribution in [1.82, 2.24) is 9.97 Å². The maximum atomic E-state index is 11.1. The highest BCUT2D eigenvalue weighted by Crippen LogP contribution is 2.15. The number of carboxylic acid groups (broad SMARTS) is 1. The van der Waals surface area contributed by atoms with E-state index in [-0.39, 0.29) is 5.69 Å². The third kappa shape index (κ3) is 3.68. The number of rotatable bonds is 5. The second-order valence-corrected chi connectivity index (χ2v) is 4.63. The molecule has 1 aromatic heterocycles. The van der Waals surface area contributed by atoms with E-state index in [0.29, 0.717) is 29.6 Å². The number of nitrogens with zero attached hydrogens (tertiary/aromatic N) is 2. The minimum Gasteiger partial charge on any atom is -0.477 e. The molecule has 0 aliphatic carbocycles. The number of halogens is 1.